The maximum atomic E-state index is 13.7. The van der Waals surface area contributed by atoms with Gasteiger partial charge in [0.1, 0.15) is 5.60 Å². The molecule has 194 valence electrons. The molecule has 1 atom stereocenters. The predicted molar refractivity (Wildman–Crippen MR) is 134 cm³/mol. The Labute approximate surface area is 212 Å². The van der Waals surface area contributed by atoms with Crippen molar-refractivity contribution in [3.63, 3.8) is 0 Å². The van der Waals surface area contributed by atoms with Crippen molar-refractivity contribution in [2.45, 2.75) is 70.9 Å². The van der Waals surface area contributed by atoms with Crippen LogP contribution >= 0.6 is 0 Å². The number of benzene rings is 1. The van der Waals surface area contributed by atoms with Gasteiger partial charge < -0.3 is 28.6 Å². The van der Waals surface area contributed by atoms with E-state index >= 15 is 0 Å². The number of carbonyl (C=O) groups excluding carboxylic acids is 2. The molecule has 0 N–H and O–H groups in total. The van der Waals surface area contributed by atoms with Crippen molar-refractivity contribution in [1.82, 2.24) is 14.4 Å². The second kappa shape index (κ2) is 10.9. The number of amides is 2. The Morgan fingerprint density at radius 1 is 1.28 bits per heavy atom. The van der Waals surface area contributed by atoms with Crippen molar-refractivity contribution in [2.24, 2.45) is 0 Å². The van der Waals surface area contributed by atoms with Gasteiger partial charge in [0.15, 0.2) is 6.10 Å². The van der Waals surface area contributed by atoms with Crippen molar-refractivity contribution >= 4 is 22.9 Å². The van der Waals surface area contributed by atoms with Crippen LogP contribution < -0.4 is 0 Å². The third kappa shape index (κ3) is 6.18. The lowest BCUT2D eigenvalue weighted by Crippen LogP contribution is -2.53. The molecule has 1 saturated heterocycles. The number of aromatic nitrogens is 1. The lowest BCUT2D eigenvalue weighted by Gasteiger charge is -2.35. The second-order valence-corrected chi connectivity index (χ2v) is 10.5. The Morgan fingerprint density at radius 2 is 2.06 bits per heavy atom. The second-order valence-electron chi connectivity index (χ2n) is 10.5. The molecule has 4 rings (SSSR count). The highest BCUT2D eigenvalue weighted by Gasteiger charge is 2.39. The molecule has 1 saturated carbocycles. The molecule has 9 nitrogen and oxygen atoms in total. The summed E-state index contributed by atoms with van der Waals surface area (Å²) in [4.78, 5) is 29.7. The van der Waals surface area contributed by atoms with Gasteiger partial charge in [-0.2, -0.15) is 5.26 Å². The van der Waals surface area contributed by atoms with Gasteiger partial charge in [0.2, 0.25) is 0 Å². The van der Waals surface area contributed by atoms with E-state index in [-0.39, 0.29) is 18.5 Å². The highest BCUT2D eigenvalue weighted by molar-refractivity contribution is 5.87. The van der Waals surface area contributed by atoms with Crippen LogP contribution in [0.25, 0.3) is 10.9 Å². The standard InChI is InChI=1S/C27H36N4O5/c1-27(2,3)36-26(33)30-11-13-35-24(18-30)25(32)31(21-7-8-21)17-20-16-29(10-5-12-34-4)23-9-6-19(15-28)14-22(20)23/h6,9,14,16,21,24H,5,7-8,10-13,17-18H2,1-4H3/t24-/m1/s1. The number of aryl methyl sites for hydroxylation is 1. The number of fused-ring (bicyclic) bond motifs is 1. The first kappa shape index (κ1) is 26.0. The van der Waals surface area contributed by atoms with Crippen LogP contribution in [0.3, 0.4) is 0 Å². The van der Waals surface area contributed by atoms with E-state index in [1.165, 1.54) is 0 Å². The molecule has 1 aromatic carbocycles. The minimum atomic E-state index is -0.725. The predicted octanol–water partition coefficient (Wildman–Crippen LogP) is 3.68. The molecule has 2 fully saturated rings. The average molecular weight is 497 g/mol. The Kier molecular flexibility index (Phi) is 7.86. The third-order valence-corrected chi connectivity index (χ3v) is 6.45. The number of rotatable bonds is 8. The van der Waals surface area contributed by atoms with Crippen molar-refractivity contribution < 1.29 is 23.8 Å². The summed E-state index contributed by atoms with van der Waals surface area (Å²) in [7, 11) is 1.69. The number of ether oxygens (including phenoxy) is 3. The number of nitriles is 1. The molecule has 0 spiro atoms. The Balaban J connectivity index is 1.54. The number of morpholine rings is 1. The van der Waals surface area contributed by atoms with Crippen LogP contribution in [-0.4, -0.2) is 77.5 Å². The van der Waals surface area contributed by atoms with Gasteiger partial charge in [-0.1, -0.05) is 0 Å². The van der Waals surface area contributed by atoms with Gasteiger partial charge >= 0.3 is 6.09 Å². The van der Waals surface area contributed by atoms with Gasteiger partial charge in [-0.05, 0) is 63.8 Å². The summed E-state index contributed by atoms with van der Waals surface area (Å²) >= 11 is 0. The molecule has 36 heavy (non-hydrogen) atoms. The van der Waals surface area contributed by atoms with Crippen LogP contribution in [0.2, 0.25) is 0 Å². The van der Waals surface area contributed by atoms with E-state index in [1.54, 1.807) is 12.0 Å². The zero-order chi connectivity index (χ0) is 25.9. The summed E-state index contributed by atoms with van der Waals surface area (Å²) in [6, 6.07) is 8.07. The normalized spacial score (nSPS) is 18.2. The number of methoxy groups -OCH3 is 1. The highest BCUT2D eigenvalue weighted by atomic mass is 16.6. The van der Waals surface area contributed by atoms with Crippen LogP contribution in [0.15, 0.2) is 24.4 Å². The monoisotopic (exact) mass is 496 g/mol. The Morgan fingerprint density at radius 3 is 2.72 bits per heavy atom. The fourth-order valence-electron chi connectivity index (χ4n) is 4.56. The molecule has 0 radical (unpaired) electrons. The molecular weight excluding hydrogens is 460 g/mol. The van der Waals surface area contributed by atoms with Crippen LogP contribution in [0.4, 0.5) is 4.79 Å². The molecular formula is C27H36N4O5. The molecule has 2 heterocycles. The lowest BCUT2D eigenvalue weighted by atomic mass is 10.1. The van der Waals surface area contributed by atoms with E-state index in [9.17, 15) is 14.9 Å². The summed E-state index contributed by atoms with van der Waals surface area (Å²) in [5, 5.41) is 10.4. The first-order valence-electron chi connectivity index (χ1n) is 12.6. The third-order valence-electron chi connectivity index (χ3n) is 6.45. The van der Waals surface area contributed by atoms with Crippen LogP contribution in [0.1, 0.15) is 51.2 Å². The minimum absolute atomic E-state index is 0.109. The Hall–Kier alpha value is -3.09. The fraction of sp³-hybridized carbons (Fsp3) is 0.593. The summed E-state index contributed by atoms with van der Waals surface area (Å²) in [5.41, 5.74) is 2.02. The van der Waals surface area contributed by atoms with Gasteiger partial charge in [0, 0.05) is 56.5 Å². The first-order valence-corrected chi connectivity index (χ1v) is 12.6. The van der Waals surface area contributed by atoms with Crippen LogP contribution in [-0.2, 0) is 32.1 Å². The maximum Gasteiger partial charge on any atom is 0.410 e. The summed E-state index contributed by atoms with van der Waals surface area (Å²) in [6.07, 6.45) is 3.69. The minimum Gasteiger partial charge on any atom is -0.444 e. The van der Waals surface area contributed by atoms with E-state index in [2.05, 4.69) is 16.8 Å². The number of hydrogen-bond acceptors (Lipinski definition) is 6. The lowest BCUT2D eigenvalue weighted by molar-refractivity contribution is -0.150. The molecule has 1 aliphatic carbocycles. The molecule has 0 bridgehead atoms. The zero-order valence-corrected chi connectivity index (χ0v) is 21.7. The maximum absolute atomic E-state index is 13.7. The highest BCUT2D eigenvalue weighted by Crippen LogP contribution is 2.32. The van der Waals surface area contributed by atoms with Gasteiger partial charge in [0.25, 0.3) is 5.91 Å². The zero-order valence-electron chi connectivity index (χ0n) is 21.7. The topological polar surface area (TPSA) is 97.0 Å². The van der Waals surface area contributed by atoms with Gasteiger partial charge in [-0.25, -0.2) is 4.79 Å². The molecule has 1 aliphatic heterocycles. The smallest absolute Gasteiger partial charge is 0.410 e. The molecule has 1 aromatic heterocycles. The van der Waals surface area contributed by atoms with Crippen molar-refractivity contribution in [3.8, 4) is 6.07 Å². The molecule has 2 amide bonds. The number of hydrogen-bond donors (Lipinski definition) is 0. The van der Waals surface area contributed by atoms with Gasteiger partial charge in [0.05, 0.1) is 24.8 Å². The van der Waals surface area contributed by atoms with E-state index in [1.807, 2.05) is 43.9 Å². The molecule has 9 heteroatoms. The van der Waals surface area contributed by atoms with Gasteiger partial charge in [-0.15, -0.1) is 0 Å². The molecule has 2 aliphatic rings. The number of carbonyl (C=O) groups is 2. The van der Waals surface area contributed by atoms with Crippen LogP contribution in [0, 0.1) is 11.3 Å². The molecule has 0 unspecified atom stereocenters. The largest absolute Gasteiger partial charge is 0.444 e. The Bertz CT molecular complexity index is 1140. The summed E-state index contributed by atoms with van der Waals surface area (Å²) in [6.45, 7) is 8.21. The van der Waals surface area contributed by atoms with Crippen molar-refractivity contribution in [2.75, 3.05) is 33.4 Å². The SMILES string of the molecule is COCCCn1cc(CN(C(=O)[C@H]2CN(C(=O)OC(C)(C)C)CCO2)C2CC2)c2cc(C#N)ccc21. The number of nitrogens with zero attached hydrogens (tertiary/aromatic N) is 4. The van der Waals surface area contributed by atoms with E-state index in [4.69, 9.17) is 14.2 Å². The first-order chi connectivity index (χ1) is 17.2. The van der Waals surface area contributed by atoms with E-state index in [0.717, 1.165) is 42.3 Å². The summed E-state index contributed by atoms with van der Waals surface area (Å²) < 4.78 is 18.7. The quantitative estimate of drug-likeness (QED) is 0.517. The summed E-state index contributed by atoms with van der Waals surface area (Å²) in [5.74, 6) is -0.109. The average Bonchev–Trinajstić information content (AvgIpc) is 3.64. The molecule has 2 aromatic rings. The van der Waals surface area contributed by atoms with Crippen molar-refractivity contribution in [1.29, 1.82) is 5.26 Å². The van der Waals surface area contributed by atoms with E-state index < -0.39 is 17.8 Å². The van der Waals surface area contributed by atoms with E-state index in [0.29, 0.717) is 31.9 Å². The van der Waals surface area contributed by atoms with Gasteiger partial charge in [-0.3, -0.25) is 4.79 Å². The van der Waals surface area contributed by atoms with Crippen molar-refractivity contribution in [3.05, 3.63) is 35.5 Å². The fourth-order valence-corrected chi connectivity index (χ4v) is 4.56. The van der Waals surface area contributed by atoms with Crippen LogP contribution in [0.5, 0.6) is 0 Å².